The first kappa shape index (κ1) is 17.5. The summed E-state index contributed by atoms with van der Waals surface area (Å²) in [5, 5.41) is 5.92. The zero-order valence-corrected chi connectivity index (χ0v) is 14.5. The van der Waals surface area contributed by atoms with E-state index in [4.69, 9.17) is 5.73 Å². The molecule has 0 aliphatic heterocycles. The number of benzene rings is 1. The van der Waals surface area contributed by atoms with Gasteiger partial charge in [0.05, 0.1) is 6.54 Å². The Balaban J connectivity index is 2.46. The summed E-state index contributed by atoms with van der Waals surface area (Å²) in [5.41, 5.74) is 7.43. The number of hydrogen-bond acceptors (Lipinski definition) is 2. The van der Waals surface area contributed by atoms with E-state index in [0.29, 0.717) is 18.9 Å². The van der Waals surface area contributed by atoms with Crippen molar-refractivity contribution in [1.29, 1.82) is 0 Å². The van der Waals surface area contributed by atoms with E-state index < -0.39 is 0 Å². The predicted octanol–water partition coefficient (Wildman–Crippen LogP) is 2.79. The highest BCUT2D eigenvalue weighted by molar-refractivity contribution is 9.10. The van der Waals surface area contributed by atoms with Crippen LogP contribution in [0, 0.1) is 6.92 Å². The van der Waals surface area contributed by atoms with E-state index in [1.165, 1.54) is 0 Å². The van der Waals surface area contributed by atoms with Crippen LogP contribution in [0.2, 0.25) is 0 Å². The molecule has 4 N–H and O–H groups in total. The summed E-state index contributed by atoms with van der Waals surface area (Å²) >= 11 is 3.39. The van der Waals surface area contributed by atoms with Crippen LogP contribution in [-0.2, 0) is 4.79 Å². The second kappa shape index (κ2) is 7.45. The van der Waals surface area contributed by atoms with Crippen LogP contribution >= 0.6 is 15.9 Å². The largest absolute Gasteiger partial charge is 0.370 e. The zero-order chi connectivity index (χ0) is 16.0. The lowest BCUT2D eigenvalue weighted by molar-refractivity contribution is -0.116. The molecule has 0 aliphatic carbocycles. The molecular weight excluding hydrogens is 332 g/mol. The molecule has 1 rings (SSSR count). The summed E-state index contributed by atoms with van der Waals surface area (Å²) in [4.78, 5) is 16.0. The molecule has 116 valence electrons. The summed E-state index contributed by atoms with van der Waals surface area (Å²) in [6.45, 7) is 8.30. The quantitative estimate of drug-likeness (QED) is 0.574. The zero-order valence-electron chi connectivity index (χ0n) is 13.0. The van der Waals surface area contributed by atoms with Gasteiger partial charge in [0.1, 0.15) is 0 Å². The van der Waals surface area contributed by atoms with Crippen molar-refractivity contribution < 1.29 is 4.79 Å². The van der Waals surface area contributed by atoms with Crippen LogP contribution in [0.4, 0.5) is 5.69 Å². The number of carbonyl (C=O) groups is 1. The average Bonchev–Trinajstić information content (AvgIpc) is 2.30. The molecular formula is C15H23BrN4O. The van der Waals surface area contributed by atoms with Gasteiger partial charge in [-0.2, -0.15) is 0 Å². The summed E-state index contributed by atoms with van der Waals surface area (Å²) in [6, 6.07) is 5.72. The fourth-order valence-electron chi connectivity index (χ4n) is 1.68. The lowest BCUT2D eigenvalue weighted by atomic mass is 10.1. The molecule has 0 radical (unpaired) electrons. The fraction of sp³-hybridized carbons (Fsp3) is 0.467. The van der Waals surface area contributed by atoms with Gasteiger partial charge < -0.3 is 16.4 Å². The van der Waals surface area contributed by atoms with Crippen LogP contribution in [0.3, 0.4) is 0 Å². The van der Waals surface area contributed by atoms with Crippen molar-refractivity contribution in [2.75, 3.05) is 11.9 Å². The SMILES string of the molecule is Cc1cc(Br)ccc1NC(=O)CCN=C(N)NC(C)(C)C. The molecule has 0 bridgehead atoms. The molecule has 1 amide bonds. The Kier molecular flexibility index (Phi) is 6.20. The first-order chi connectivity index (χ1) is 9.67. The van der Waals surface area contributed by atoms with Gasteiger partial charge in [0.2, 0.25) is 5.91 Å². The molecule has 1 aromatic carbocycles. The molecule has 0 aromatic heterocycles. The van der Waals surface area contributed by atoms with Gasteiger partial charge in [0, 0.05) is 22.1 Å². The summed E-state index contributed by atoms with van der Waals surface area (Å²) in [6.07, 6.45) is 0.294. The molecule has 0 saturated carbocycles. The van der Waals surface area contributed by atoms with Gasteiger partial charge in [0.15, 0.2) is 5.96 Å². The molecule has 0 saturated heterocycles. The van der Waals surface area contributed by atoms with Crippen molar-refractivity contribution in [2.24, 2.45) is 10.7 Å². The number of rotatable bonds is 4. The second-order valence-electron chi connectivity index (χ2n) is 5.90. The summed E-state index contributed by atoms with van der Waals surface area (Å²) in [7, 11) is 0. The van der Waals surface area contributed by atoms with Crippen molar-refractivity contribution in [3.63, 3.8) is 0 Å². The predicted molar refractivity (Wildman–Crippen MR) is 91.5 cm³/mol. The standard InChI is InChI=1S/C15H23BrN4O/c1-10-9-11(16)5-6-12(10)19-13(21)7-8-18-14(17)20-15(2,3)4/h5-6,9H,7-8H2,1-4H3,(H,19,21)(H3,17,18,20). The number of anilines is 1. The molecule has 6 heteroatoms. The Morgan fingerprint density at radius 3 is 2.62 bits per heavy atom. The fourth-order valence-corrected chi connectivity index (χ4v) is 2.16. The van der Waals surface area contributed by atoms with Crippen molar-refractivity contribution in [3.05, 3.63) is 28.2 Å². The van der Waals surface area contributed by atoms with E-state index in [-0.39, 0.29) is 11.4 Å². The Hall–Kier alpha value is -1.56. The van der Waals surface area contributed by atoms with Crippen molar-refractivity contribution in [1.82, 2.24) is 5.32 Å². The molecule has 0 atom stereocenters. The third kappa shape index (κ3) is 7.13. The maximum atomic E-state index is 11.9. The van der Waals surface area contributed by atoms with Crippen molar-refractivity contribution in [2.45, 2.75) is 39.7 Å². The van der Waals surface area contributed by atoms with Crippen molar-refractivity contribution in [3.8, 4) is 0 Å². The molecule has 0 heterocycles. The van der Waals surface area contributed by atoms with Gasteiger partial charge in [-0.25, -0.2) is 0 Å². The first-order valence-electron chi connectivity index (χ1n) is 6.81. The molecule has 21 heavy (non-hydrogen) atoms. The van der Waals surface area contributed by atoms with E-state index in [0.717, 1.165) is 15.7 Å². The Morgan fingerprint density at radius 2 is 2.05 bits per heavy atom. The lowest BCUT2D eigenvalue weighted by Gasteiger charge is -2.20. The van der Waals surface area contributed by atoms with Crippen molar-refractivity contribution >= 4 is 33.5 Å². The van der Waals surface area contributed by atoms with Crippen LogP contribution in [-0.4, -0.2) is 24.0 Å². The number of halogens is 1. The van der Waals surface area contributed by atoms with Gasteiger partial charge in [-0.3, -0.25) is 9.79 Å². The average molecular weight is 355 g/mol. The Morgan fingerprint density at radius 1 is 1.38 bits per heavy atom. The van der Waals surface area contributed by atoms with Gasteiger partial charge >= 0.3 is 0 Å². The normalized spacial score (nSPS) is 12.1. The van der Waals surface area contributed by atoms with Gasteiger partial charge in [-0.15, -0.1) is 0 Å². The number of hydrogen-bond donors (Lipinski definition) is 3. The number of nitrogens with two attached hydrogens (primary N) is 1. The maximum Gasteiger partial charge on any atom is 0.226 e. The smallest absolute Gasteiger partial charge is 0.226 e. The highest BCUT2D eigenvalue weighted by Gasteiger charge is 2.10. The van der Waals surface area contributed by atoms with E-state index in [9.17, 15) is 4.79 Å². The molecule has 1 aromatic rings. The Bertz CT molecular complexity index is 535. The third-order valence-corrected chi connectivity index (χ3v) is 3.08. The van der Waals surface area contributed by atoms with Gasteiger partial charge in [-0.1, -0.05) is 15.9 Å². The van der Waals surface area contributed by atoms with Crippen LogP contribution in [0.5, 0.6) is 0 Å². The van der Waals surface area contributed by atoms with Crippen LogP contribution in [0.15, 0.2) is 27.7 Å². The van der Waals surface area contributed by atoms with E-state index in [2.05, 4.69) is 31.6 Å². The lowest BCUT2D eigenvalue weighted by Crippen LogP contribution is -2.45. The minimum atomic E-state index is -0.135. The molecule has 5 nitrogen and oxygen atoms in total. The number of nitrogens with one attached hydrogen (secondary N) is 2. The molecule has 0 unspecified atom stereocenters. The monoisotopic (exact) mass is 354 g/mol. The topological polar surface area (TPSA) is 79.5 Å². The number of nitrogens with zero attached hydrogens (tertiary/aromatic N) is 1. The van der Waals surface area contributed by atoms with E-state index >= 15 is 0 Å². The highest BCUT2D eigenvalue weighted by Crippen LogP contribution is 2.20. The second-order valence-corrected chi connectivity index (χ2v) is 6.82. The molecule has 0 fully saturated rings. The van der Waals surface area contributed by atoms with Gasteiger partial charge in [0.25, 0.3) is 0 Å². The van der Waals surface area contributed by atoms with E-state index in [1.54, 1.807) is 0 Å². The summed E-state index contributed by atoms with van der Waals surface area (Å²) < 4.78 is 0.989. The number of carbonyl (C=O) groups excluding carboxylic acids is 1. The summed E-state index contributed by atoms with van der Waals surface area (Å²) in [5.74, 6) is 0.280. The van der Waals surface area contributed by atoms with E-state index in [1.807, 2.05) is 45.9 Å². The first-order valence-corrected chi connectivity index (χ1v) is 7.61. The number of aliphatic imine (C=N–C) groups is 1. The van der Waals surface area contributed by atoms with Crippen LogP contribution < -0.4 is 16.4 Å². The molecule has 0 spiro atoms. The Labute approximate surface area is 134 Å². The third-order valence-electron chi connectivity index (χ3n) is 2.59. The van der Waals surface area contributed by atoms with Crippen LogP contribution in [0.25, 0.3) is 0 Å². The van der Waals surface area contributed by atoms with Crippen LogP contribution in [0.1, 0.15) is 32.8 Å². The maximum absolute atomic E-state index is 11.9. The number of guanidine groups is 1. The van der Waals surface area contributed by atoms with Gasteiger partial charge in [-0.05, 0) is 51.5 Å². The minimum Gasteiger partial charge on any atom is -0.370 e. The number of aryl methyl sites for hydroxylation is 1. The highest BCUT2D eigenvalue weighted by atomic mass is 79.9. The minimum absolute atomic E-state index is 0.0762. The molecule has 0 aliphatic rings. The number of amides is 1.